The first kappa shape index (κ1) is 26.8. The molecular formula is C25H23Cl2IN3O4S-. The normalized spacial score (nSPS) is 17.1. The molecule has 1 N–H and O–H groups in total. The molecule has 36 heavy (non-hydrogen) atoms. The fraction of sp³-hybridized carbons (Fsp3) is 0.280. The Labute approximate surface area is 231 Å². The second kappa shape index (κ2) is 11.9. The predicted molar refractivity (Wildman–Crippen MR) is 137 cm³/mol. The van der Waals surface area contributed by atoms with Crippen molar-refractivity contribution in [1.82, 2.24) is 4.72 Å². The van der Waals surface area contributed by atoms with Gasteiger partial charge in [0.05, 0.1) is 16.5 Å². The van der Waals surface area contributed by atoms with Gasteiger partial charge in [0.25, 0.3) is 0 Å². The van der Waals surface area contributed by atoms with Crippen LogP contribution in [0.15, 0.2) is 55.4 Å². The summed E-state index contributed by atoms with van der Waals surface area (Å²) < 4.78 is 40.9. The van der Waals surface area contributed by atoms with Gasteiger partial charge in [-0.3, -0.25) is 0 Å². The van der Waals surface area contributed by atoms with Crippen molar-refractivity contribution >= 4 is 38.9 Å². The number of nitriles is 1. The molecule has 1 aliphatic carbocycles. The Morgan fingerprint density at radius 2 is 2.11 bits per heavy atom. The quantitative estimate of drug-likeness (QED) is 0.327. The maximum absolute atomic E-state index is 11.6. The fourth-order valence-corrected chi connectivity index (χ4v) is 6.63. The van der Waals surface area contributed by atoms with E-state index in [2.05, 4.69) is 15.8 Å². The van der Waals surface area contributed by atoms with Crippen molar-refractivity contribution in [3.05, 3.63) is 77.7 Å². The molecule has 0 saturated carbocycles. The minimum atomic E-state index is -3.39. The number of aliphatic imine (C=N–C) groups is 1. The first-order chi connectivity index (χ1) is 17.3. The van der Waals surface area contributed by atoms with Crippen molar-refractivity contribution < 1.29 is 39.1 Å². The molecule has 0 aromatic heterocycles. The second-order valence-corrected chi connectivity index (χ2v) is 12.8. The van der Waals surface area contributed by atoms with E-state index in [0.717, 1.165) is 24.7 Å². The Morgan fingerprint density at radius 1 is 1.28 bits per heavy atom. The van der Waals surface area contributed by atoms with Gasteiger partial charge in [-0.1, -0.05) is 11.6 Å². The summed E-state index contributed by atoms with van der Waals surface area (Å²) in [5.41, 5.74) is 4.37. The molecule has 2 aliphatic rings. The van der Waals surface area contributed by atoms with Crippen LogP contribution in [0, 0.1) is 11.3 Å². The maximum atomic E-state index is 11.6. The standard InChI is InChI=1S/C25H23Cl2IN3O4S/c1-36(32,33)31-24-13-28-8-6-19(30-24)15-35-20-3-5-21-16(11-20)2-4-22(21)17-10-18(14-29)25(23(27)12-17)34-9-7-26/h3,5-6,8,10-13,22,31H,2,4,7,9,15H2,1H3/q-1/t22-/m0/s1. The topological polar surface area (TPSA) is 101 Å². The number of fused-ring (bicyclic) bond motifs is 1. The number of nitrogens with zero attached hydrogens (tertiary/aromatic N) is 2. The third-order valence-corrected chi connectivity index (χ3v) is 8.28. The van der Waals surface area contributed by atoms with Gasteiger partial charge in [-0.2, -0.15) is 5.26 Å². The van der Waals surface area contributed by atoms with Crippen LogP contribution in [0.3, 0.4) is 0 Å². The predicted octanol–water partition coefficient (Wildman–Crippen LogP) is 1.69. The molecule has 4 rings (SSSR count). The molecule has 1 atom stereocenters. The molecule has 0 unspecified atom stereocenters. The van der Waals surface area contributed by atoms with Crippen molar-refractivity contribution in [1.29, 1.82) is 5.26 Å². The Balaban J connectivity index is 1.49. The van der Waals surface area contributed by atoms with Gasteiger partial charge in [0.1, 0.15) is 12.7 Å². The van der Waals surface area contributed by atoms with Crippen molar-refractivity contribution in [2.24, 2.45) is 4.99 Å². The molecule has 2 aromatic rings. The molecule has 2 aromatic carbocycles. The summed E-state index contributed by atoms with van der Waals surface area (Å²) in [6, 6.07) is 11.9. The van der Waals surface area contributed by atoms with Gasteiger partial charge in [-0.25, -0.2) is 0 Å². The van der Waals surface area contributed by atoms with Crippen LogP contribution in [0.2, 0.25) is 5.02 Å². The summed E-state index contributed by atoms with van der Waals surface area (Å²) in [6.07, 6.45) is 4.75. The molecule has 190 valence electrons. The SMILES string of the molecule is CS(=O)(=O)NC1=C[I-]C=CC(COc2ccc3c(c2)CC[C@H]3c2cc(Cl)c(OCCCl)c(C#N)c2)=N1. The van der Waals surface area contributed by atoms with Crippen LogP contribution in [-0.2, 0) is 16.4 Å². The first-order valence-electron chi connectivity index (χ1n) is 11.0. The van der Waals surface area contributed by atoms with Crippen molar-refractivity contribution in [2.45, 2.75) is 18.8 Å². The summed E-state index contributed by atoms with van der Waals surface area (Å²) in [6.45, 7) is 0.496. The van der Waals surface area contributed by atoms with Crippen molar-refractivity contribution in [3.8, 4) is 17.6 Å². The third kappa shape index (κ3) is 6.73. The summed E-state index contributed by atoms with van der Waals surface area (Å²) in [7, 11) is -3.39. The van der Waals surface area contributed by atoms with Crippen LogP contribution in [0.1, 0.15) is 34.6 Å². The Morgan fingerprint density at radius 3 is 2.86 bits per heavy atom. The van der Waals surface area contributed by atoms with Gasteiger partial charge in [0, 0.05) is 0 Å². The van der Waals surface area contributed by atoms with E-state index in [1.165, 1.54) is 11.1 Å². The van der Waals surface area contributed by atoms with Gasteiger partial charge in [-0.15, -0.1) is 11.6 Å². The Hall–Kier alpha value is -2.26. The molecular weight excluding hydrogens is 636 g/mol. The van der Waals surface area contributed by atoms with E-state index in [1.807, 2.05) is 44.6 Å². The van der Waals surface area contributed by atoms with Gasteiger partial charge in [0.2, 0.25) is 0 Å². The number of halogens is 3. The van der Waals surface area contributed by atoms with Crippen LogP contribution in [0.5, 0.6) is 11.5 Å². The monoisotopic (exact) mass is 658 g/mol. The molecule has 1 aliphatic heterocycles. The zero-order valence-electron chi connectivity index (χ0n) is 19.3. The van der Waals surface area contributed by atoms with Gasteiger partial charge >= 0.3 is 164 Å². The number of hydrogen-bond donors (Lipinski definition) is 1. The molecule has 11 heteroatoms. The van der Waals surface area contributed by atoms with E-state index in [0.29, 0.717) is 39.5 Å². The molecule has 0 radical (unpaired) electrons. The number of rotatable bonds is 9. The molecule has 0 bridgehead atoms. The van der Waals surface area contributed by atoms with Gasteiger partial charge < -0.3 is 4.74 Å². The van der Waals surface area contributed by atoms with Gasteiger partial charge in [0.15, 0.2) is 5.75 Å². The van der Waals surface area contributed by atoms with Crippen LogP contribution in [-0.4, -0.2) is 39.5 Å². The van der Waals surface area contributed by atoms with Crippen molar-refractivity contribution in [2.75, 3.05) is 25.3 Å². The van der Waals surface area contributed by atoms with Crippen LogP contribution < -0.4 is 35.4 Å². The van der Waals surface area contributed by atoms with Crippen molar-refractivity contribution in [3.63, 3.8) is 0 Å². The first-order valence-corrected chi connectivity index (χ1v) is 16.3. The molecule has 0 spiro atoms. The fourth-order valence-electron chi connectivity index (χ4n) is 4.11. The summed E-state index contributed by atoms with van der Waals surface area (Å²) >= 11 is 11.7. The van der Waals surface area contributed by atoms with Crippen LogP contribution >= 0.6 is 23.2 Å². The second-order valence-electron chi connectivity index (χ2n) is 8.16. The Bertz CT molecular complexity index is 1400. The zero-order chi connectivity index (χ0) is 25.7. The average Bonchev–Trinajstić information content (AvgIpc) is 3.13. The number of hydrogen-bond acceptors (Lipinski definition) is 6. The molecule has 7 nitrogen and oxygen atoms in total. The van der Waals surface area contributed by atoms with E-state index >= 15 is 0 Å². The number of aryl methyl sites for hydroxylation is 1. The average molecular weight is 659 g/mol. The molecule has 1 heterocycles. The van der Waals surface area contributed by atoms with E-state index in [4.69, 9.17) is 32.7 Å². The van der Waals surface area contributed by atoms with E-state index in [9.17, 15) is 13.7 Å². The summed E-state index contributed by atoms with van der Waals surface area (Å²) in [5, 5.41) is 10.0. The third-order valence-electron chi connectivity index (χ3n) is 5.54. The number of sulfonamides is 1. The number of alkyl halides is 1. The number of ether oxygens (including phenoxy) is 2. The molecule has 0 fully saturated rings. The molecule has 0 amide bonds. The van der Waals surface area contributed by atoms with Crippen LogP contribution in [0.4, 0.5) is 0 Å². The van der Waals surface area contributed by atoms with Gasteiger partial charge in [-0.05, 0) is 0 Å². The van der Waals surface area contributed by atoms with Crippen LogP contribution in [0.25, 0.3) is 0 Å². The molecule has 0 saturated heterocycles. The Kier molecular flexibility index (Phi) is 8.83. The minimum absolute atomic E-state index is 0.119. The number of benzene rings is 2. The van der Waals surface area contributed by atoms with E-state index in [-0.39, 0.29) is 19.1 Å². The zero-order valence-corrected chi connectivity index (χ0v) is 23.8. The summed E-state index contributed by atoms with van der Waals surface area (Å²) in [5.74, 6) is 1.84. The summed E-state index contributed by atoms with van der Waals surface area (Å²) in [4.78, 5) is 4.40. The number of nitrogens with one attached hydrogen (secondary N) is 1. The van der Waals surface area contributed by atoms with E-state index < -0.39 is 31.2 Å². The van der Waals surface area contributed by atoms with E-state index in [1.54, 1.807) is 0 Å².